The van der Waals surface area contributed by atoms with Crippen molar-refractivity contribution in [1.82, 2.24) is 0 Å². The first kappa shape index (κ1) is 8.68. The minimum absolute atomic E-state index is 0.112. The van der Waals surface area contributed by atoms with Gasteiger partial charge in [0.25, 0.3) is 13.9 Å². The molecule has 0 aliphatic rings. The summed E-state index contributed by atoms with van der Waals surface area (Å²) in [7, 11) is -2.48. The van der Waals surface area contributed by atoms with Gasteiger partial charge >= 0.3 is 6.29 Å². The third-order valence-corrected chi connectivity index (χ3v) is 2.22. The van der Waals surface area contributed by atoms with Crippen LogP contribution in [0.1, 0.15) is 6.92 Å². The van der Waals surface area contributed by atoms with Gasteiger partial charge in [0.2, 0.25) is 0 Å². The van der Waals surface area contributed by atoms with Crippen molar-refractivity contribution in [1.29, 1.82) is 0 Å². The molecule has 52 valence electrons. The average Bonchev–Trinajstić information content (AvgIpc) is 1.64. The first-order chi connectivity index (χ1) is 4.12. The molecule has 0 aromatic rings. The quantitative estimate of drug-likeness (QED) is 0.572. The van der Waals surface area contributed by atoms with Crippen LogP contribution < -0.4 is 0 Å². The monoisotopic (exact) mass is 148 g/mol. The smallest absolute Gasteiger partial charge is 0.324 e. The van der Waals surface area contributed by atoms with Crippen LogP contribution in [0.2, 0.25) is 0 Å². The fraction of sp³-hybridized carbons (Fsp3) is 0.800. The molecule has 0 amide bonds. The molecule has 0 spiro atoms. The van der Waals surface area contributed by atoms with E-state index >= 15 is 0 Å². The Kier molecular flexibility index (Phi) is 3.53. The van der Waals surface area contributed by atoms with Gasteiger partial charge in [-0.1, -0.05) is 4.85 Å². The van der Waals surface area contributed by atoms with Gasteiger partial charge in [-0.3, -0.25) is 4.57 Å². The lowest BCUT2D eigenvalue weighted by molar-refractivity contribution is 0.339. The summed E-state index contributed by atoms with van der Waals surface area (Å²) in [5.41, 5.74) is 0. The Morgan fingerprint density at radius 1 is 1.78 bits per heavy atom. The molecular weight excluding hydrogens is 137 g/mol. The standard InChI is InChI=1S/C5H11NO2P/c1-4-8-9(3,7)5-6-2/h2H,4-5H2,1,3H3/q+1. The second-order valence-corrected chi connectivity index (χ2v) is 4.33. The molecule has 0 bridgehead atoms. The van der Waals surface area contributed by atoms with Crippen LogP contribution in [0.25, 0.3) is 4.85 Å². The largest absolute Gasteiger partial charge is 0.335 e. The number of rotatable bonds is 3. The molecule has 0 heterocycles. The number of nitrogens with zero attached hydrogens (tertiary/aromatic N) is 1. The summed E-state index contributed by atoms with van der Waals surface area (Å²) in [5.74, 6) is 0. The maximum absolute atomic E-state index is 11.0. The molecule has 0 aromatic carbocycles. The molecule has 0 N–H and O–H groups in total. The normalized spacial score (nSPS) is 16.1. The number of hydrogen-bond donors (Lipinski definition) is 0. The maximum atomic E-state index is 11.0. The van der Waals surface area contributed by atoms with Crippen molar-refractivity contribution in [2.75, 3.05) is 19.6 Å². The second kappa shape index (κ2) is 3.66. The molecule has 9 heavy (non-hydrogen) atoms. The lowest BCUT2D eigenvalue weighted by Crippen LogP contribution is -1.88. The van der Waals surface area contributed by atoms with E-state index in [4.69, 9.17) is 11.1 Å². The van der Waals surface area contributed by atoms with Gasteiger partial charge in [-0.05, 0) is 6.92 Å². The van der Waals surface area contributed by atoms with E-state index in [1.807, 2.05) is 0 Å². The van der Waals surface area contributed by atoms with E-state index in [-0.39, 0.29) is 6.29 Å². The van der Waals surface area contributed by atoms with Crippen LogP contribution in [0, 0.1) is 6.57 Å². The summed E-state index contributed by atoms with van der Waals surface area (Å²) in [5, 5.41) is 0. The van der Waals surface area contributed by atoms with Gasteiger partial charge in [0.15, 0.2) is 0 Å². The highest BCUT2D eigenvalue weighted by Gasteiger charge is 2.19. The Morgan fingerprint density at radius 3 is 2.67 bits per heavy atom. The molecular formula is C5H11NO2P+. The summed E-state index contributed by atoms with van der Waals surface area (Å²) in [4.78, 5) is 3.24. The zero-order chi connectivity index (χ0) is 7.33. The van der Waals surface area contributed by atoms with Crippen LogP contribution >= 0.6 is 7.37 Å². The van der Waals surface area contributed by atoms with Crippen molar-refractivity contribution in [2.24, 2.45) is 0 Å². The van der Waals surface area contributed by atoms with E-state index in [1.54, 1.807) is 6.92 Å². The molecule has 0 aliphatic carbocycles. The molecule has 1 unspecified atom stereocenters. The lowest BCUT2D eigenvalue weighted by Gasteiger charge is -2.01. The maximum Gasteiger partial charge on any atom is 0.335 e. The van der Waals surface area contributed by atoms with Crippen LogP contribution in [0.15, 0.2) is 0 Å². The molecule has 1 atom stereocenters. The zero-order valence-corrected chi connectivity index (χ0v) is 6.60. The van der Waals surface area contributed by atoms with Crippen LogP contribution in [0.5, 0.6) is 0 Å². The summed E-state index contributed by atoms with van der Waals surface area (Å²) in [6.07, 6.45) is 0.112. The summed E-state index contributed by atoms with van der Waals surface area (Å²) >= 11 is 0. The Labute approximate surface area is 55.3 Å². The van der Waals surface area contributed by atoms with Crippen molar-refractivity contribution in [3.63, 3.8) is 0 Å². The predicted molar refractivity (Wildman–Crippen MR) is 38.3 cm³/mol. The SMILES string of the molecule is C#[N+]CP(C)(=O)OCC. The predicted octanol–water partition coefficient (Wildman–Crippen LogP) is 1.85. The van der Waals surface area contributed by atoms with Crippen molar-refractivity contribution >= 4 is 7.37 Å². The van der Waals surface area contributed by atoms with Gasteiger partial charge in [0, 0.05) is 6.66 Å². The van der Waals surface area contributed by atoms with Crippen LogP contribution in [0.4, 0.5) is 0 Å². The minimum atomic E-state index is -2.48. The number of hydrogen-bond acceptors (Lipinski definition) is 2. The first-order valence-corrected chi connectivity index (χ1v) is 4.96. The van der Waals surface area contributed by atoms with Crippen molar-refractivity contribution in [3.8, 4) is 6.57 Å². The van der Waals surface area contributed by atoms with Crippen molar-refractivity contribution < 1.29 is 9.09 Å². The third-order valence-electron chi connectivity index (χ3n) is 0.741. The fourth-order valence-corrected chi connectivity index (χ4v) is 1.39. The molecule has 0 radical (unpaired) electrons. The van der Waals surface area contributed by atoms with E-state index in [2.05, 4.69) is 4.85 Å². The fourth-order valence-electron chi connectivity index (χ4n) is 0.462. The molecule has 0 saturated carbocycles. The topological polar surface area (TPSA) is 30.7 Å². The van der Waals surface area contributed by atoms with Crippen molar-refractivity contribution in [2.45, 2.75) is 6.92 Å². The molecule has 0 fully saturated rings. The molecule has 4 heteroatoms. The molecule has 0 saturated heterocycles. The van der Waals surface area contributed by atoms with Gasteiger partial charge in [0.05, 0.1) is 6.61 Å². The Hall–Kier alpha value is -0.320. The van der Waals surface area contributed by atoms with E-state index in [1.165, 1.54) is 6.66 Å². The summed E-state index contributed by atoms with van der Waals surface area (Å²) < 4.78 is 15.9. The molecule has 3 nitrogen and oxygen atoms in total. The minimum Gasteiger partial charge on any atom is -0.324 e. The first-order valence-electron chi connectivity index (χ1n) is 2.70. The van der Waals surface area contributed by atoms with Gasteiger partial charge < -0.3 is 4.52 Å². The van der Waals surface area contributed by atoms with Gasteiger partial charge in [-0.15, -0.1) is 0 Å². The Bertz CT molecular complexity index is 161. The third kappa shape index (κ3) is 4.20. The van der Waals surface area contributed by atoms with Crippen LogP contribution in [-0.2, 0) is 9.09 Å². The van der Waals surface area contributed by atoms with E-state index in [0.717, 1.165) is 0 Å². The van der Waals surface area contributed by atoms with Gasteiger partial charge in [-0.25, -0.2) is 0 Å². The van der Waals surface area contributed by atoms with Crippen molar-refractivity contribution in [3.05, 3.63) is 4.85 Å². The van der Waals surface area contributed by atoms with E-state index in [0.29, 0.717) is 6.61 Å². The molecule has 0 rings (SSSR count). The highest BCUT2D eigenvalue weighted by Crippen LogP contribution is 2.41. The van der Waals surface area contributed by atoms with Gasteiger partial charge in [-0.2, -0.15) is 0 Å². The highest BCUT2D eigenvalue weighted by atomic mass is 31.2. The zero-order valence-electron chi connectivity index (χ0n) is 5.70. The summed E-state index contributed by atoms with van der Waals surface area (Å²) in [6, 6.07) is 0. The Morgan fingerprint density at radius 2 is 2.33 bits per heavy atom. The molecule has 0 aromatic heterocycles. The van der Waals surface area contributed by atoms with Crippen LogP contribution in [0.3, 0.4) is 0 Å². The molecule has 0 aliphatic heterocycles. The van der Waals surface area contributed by atoms with Crippen LogP contribution in [-0.4, -0.2) is 19.6 Å². The highest BCUT2D eigenvalue weighted by molar-refractivity contribution is 7.58. The Balaban J connectivity index is 3.75. The average molecular weight is 148 g/mol. The second-order valence-electron chi connectivity index (χ2n) is 1.76. The van der Waals surface area contributed by atoms with E-state index < -0.39 is 7.37 Å². The van der Waals surface area contributed by atoms with Gasteiger partial charge in [0.1, 0.15) is 0 Å². The lowest BCUT2D eigenvalue weighted by atomic mass is 10.9. The van der Waals surface area contributed by atoms with E-state index in [9.17, 15) is 4.57 Å². The summed E-state index contributed by atoms with van der Waals surface area (Å²) in [6.45, 7) is 8.57.